The van der Waals surface area contributed by atoms with Gasteiger partial charge in [0, 0.05) is 5.54 Å². The van der Waals surface area contributed by atoms with E-state index in [4.69, 9.17) is 14.5 Å². The van der Waals surface area contributed by atoms with Gasteiger partial charge in [-0.25, -0.2) is 4.99 Å². The van der Waals surface area contributed by atoms with Crippen molar-refractivity contribution in [1.82, 2.24) is 0 Å². The van der Waals surface area contributed by atoms with Crippen molar-refractivity contribution in [1.29, 1.82) is 0 Å². The fourth-order valence-corrected chi connectivity index (χ4v) is 9.28. The molecule has 0 bridgehead atoms. The van der Waals surface area contributed by atoms with E-state index in [9.17, 15) is 0 Å². The first-order valence-corrected chi connectivity index (χ1v) is 13.4. The highest BCUT2D eigenvalue weighted by Gasteiger charge is 2.57. The quantitative estimate of drug-likeness (QED) is 0.660. The van der Waals surface area contributed by atoms with Gasteiger partial charge in [-0.3, -0.25) is 0 Å². The van der Waals surface area contributed by atoms with Crippen LogP contribution < -0.4 is 5.19 Å². The predicted octanol–water partition coefficient (Wildman–Crippen LogP) is 5.14. The summed E-state index contributed by atoms with van der Waals surface area (Å²) in [6.07, 6.45) is 2.18. The number of hydrogen-bond donors (Lipinski definition) is 0. The monoisotopic (exact) mass is 405 g/mol. The van der Waals surface area contributed by atoms with E-state index in [-0.39, 0.29) is 11.1 Å². The molecule has 1 heterocycles. The van der Waals surface area contributed by atoms with Gasteiger partial charge in [-0.1, -0.05) is 72.9 Å². The average molecular weight is 406 g/mol. The molecule has 2 aliphatic rings. The second kappa shape index (κ2) is 6.87. The first-order chi connectivity index (χ1) is 13.7. The van der Waals surface area contributed by atoms with Crippen molar-refractivity contribution in [2.24, 2.45) is 10.4 Å². The largest absolute Gasteiger partial charge is 0.500 e. The molecule has 1 aliphatic heterocycles. The summed E-state index contributed by atoms with van der Waals surface area (Å²) in [4.78, 5) is 5.04. The lowest BCUT2D eigenvalue weighted by molar-refractivity contribution is 0.187. The molecule has 2 aromatic carbocycles. The smallest absolute Gasteiger partial charge is 0.198 e. The summed E-state index contributed by atoms with van der Waals surface area (Å²) in [5.41, 5.74) is 2.19. The molecule has 0 fully saturated rings. The second-order valence-electron chi connectivity index (χ2n) is 9.58. The van der Waals surface area contributed by atoms with E-state index in [1.807, 2.05) is 0 Å². The fourth-order valence-electron chi connectivity index (χ4n) is 5.14. The summed E-state index contributed by atoms with van der Waals surface area (Å²) < 4.78 is 12.3. The van der Waals surface area contributed by atoms with Crippen molar-refractivity contribution < 1.29 is 9.47 Å². The second-order valence-corrected chi connectivity index (χ2v) is 14.2. The van der Waals surface area contributed by atoms with E-state index in [0.29, 0.717) is 6.61 Å². The SMILES string of the molecule is COC1=Cc2ccccc2[C@@H]([Si](C)(C)c2ccccc2)[C@@]1(C)C1=NC(C)(C)CO1. The predicted molar refractivity (Wildman–Crippen MR) is 123 cm³/mol. The molecule has 2 atom stereocenters. The molecule has 0 unspecified atom stereocenters. The molecule has 4 rings (SSSR count). The molecule has 0 spiro atoms. The third-order valence-electron chi connectivity index (χ3n) is 6.55. The zero-order chi connectivity index (χ0) is 20.9. The van der Waals surface area contributed by atoms with Crippen LogP contribution in [-0.4, -0.2) is 33.2 Å². The van der Waals surface area contributed by atoms with Gasteiger partial charge in [0.15, 0.2) is 5.90 Å². The molecular weight excluding hydrogens is 374 g/mol. The Morgan fingerprint density at radius 1 is 1.00 bits per heavy atom. The summed E-state index contributed by atoms with van der Waals surface area (Å²) >= 11 is 0. The number of hydrogen-bond acceptors (Lipinski definition) is 3. The number of aliphatic imine (C=N–C) groups is 1. The number of rotatable bonds is 4. The van der Waals surface area contributed by atoms with Crippen LogP contribution in [0.25, 0.3) is 6.08 Å². The van der Waals surface area contributed by atoms with Gasteiger partial charge in [0.05, 0.1) is 20.7 Å². The lowest BCUT2D eigenvalue weighted by Gasteiger charge is -2.48. The Morgan fingerprint density at radius 3 is 2.28 bits per heavy atom. The van der Waals surface area contributed by atoms with Gasteiger partial charge in [0.25, 0.3) is 0 Å². The lowest BCUT2D eigenvalue weighted by atomic mass is 9.75. The molecule has 0 saturated heterocycles. The molecule has 29 heavy (non-hydrogen) atoms. The Labute approximate surface area is 175 Å². The van der Waals surface area contributed by atoms with E-state index in [0.717, 1.165) is 11.7 Å². The van der Waals surface area contributed by atoms with Crippen LogP contribution in [0.1, 0.15) is 37.4 Å². The minimum Gasteiger partial charge on any atom is -0.500 e. The Bertz CT molecular complexity index is 977. The summed E-state index contributed by atoms with van der Waals surface area (Å²) in [6.45, 7) is 12.1. The van der Waals surface area contributed by atoms with Crippen LogP contribution >= 0.6 is 0 Å². The Kier molecular flexibility index (Phi) is 4.73. The normalized spacial score (nSPS) is 25.5. The first-order valence-electron chi connectivity index (χ1n) is 10.3. The van der Waals surface area contributed by atoms with Crippen LogP contribution in [0.2, 0.25) is 13.1 Å². The van der Waals surface area contributed by atoms with Crippen LogP contribution in [0, 0.1) is 5.41 Å². The maximum absolute atomic E-state index is 6.27. The van der Waals surface area contributed by atoms with Gasteiger partial charge in [0.2, 0.25) is 0 Å². The minimum absolute atomic E-state index is 0.211. The van der Waals surface area contributed by atoms with Crippen LogP contribution in [0.5, 0.6) is 0 Å². The Balaban J connectivity index is 1.99. The summed E-state index contributed by atoms with van der Waals surface area (Å²) in [7, 11) is -0.248. The molecule has 3 nitrogen and oxygen atoms in total. The van der Waals surface area contributed by atoms with Crippen molar-refractivity contribution in [3.63, 3.8) is 0 Å². The van der Waals surface area contributed by atoms with Crippen LogP contribution in [0.4, 0.5) is 0 Å². The topological polar surface area (TPSA) is 30.8 Å². The highest BCUT2D eigenvalue weighted by molar-refractivity contribution is 6.91. The van der Waals surface area contributed by atoms with Crippen molar-refractivity contribution in [2.75, 3.05) is 13.7 Å². The van der Waals surface area contributed by atoms with Crippen molar-refractivity contribution >= 4 is 25.2 Å². The maximum Gasteiger partial charge on any atom is 0.198 e. The van der Waals surface area contributed by atoms with Gasteiger partial charge < -0.3 is 9.47 Å². The summed E-state index contributed by atoms with van der Waals surface area (Å²) in [5, 5.41) is 1.43. The molecule has 0 aromatic heterocycles. The molecule has 0 amide bonds. The van der Waals surface area contributed by atoms with Crippen LogP contribution in [0.3, 0.4) is 0 Å². The van der Waals surface area contributed by atoms with Crippen molar-refractivity contribution in [3.05, 3.63) is 71.5 Å². The van der Waals surface area contributed by atoms with Gasteiger partial charge in [-0.2, -0.15) is 0 Å². The molecule has 0 N–H and O–H groups in total. The van der Waals surface area contributed by atoms with Crippen molar-refractivity contribution in [2.45, 2.75) is 44.9 Å². The molecule has 2 aromatic rings. The third-order valence-corrected chi connectivity index (χ3v) is 10.7. The van der Waals surface area contributed by atoms with Crippen LogP contribution in [-0.2, 0) is 9.47 Å². The highest BCUT2D eigenvalue weighted by atomic mass is 28.3. The Morgan fingerprint density at radius 2 is 1.66 bits per heavy atom. The van der Waals surface area contributed by atoms with Gasteiger partial charge in [0.1, 0.15) is 17.8 Å². The summed E-state index contributed by atoms with van der Waals surface area (Å²) in [6, 6.07) is 19.7. The third kappa shape index (κ3) is 3.14. The Hall–Kier alpha value is -2.33. The lowest BCUT2D eigenvalue weighted by Crippen LogP contribution is -2.57. The van der Waals surface area contributed by atoms with E-state index in [2.05, 4.69) is 94.5 Å². The van der Waals surface area contributed by atoms with E-state index < -0.39 is 13.5 Å². The van der Waals surface area contributed by atoms with Gasteiger partial charge >= 0.3 is 0 Å². The average Bonchev–Trinajstić information content (AvgIpc) is 3.08. The van der Waals surface area contributed by atoms with Gasteiger partial charge in [-0.05, 0) is 38.0 Å². The van der Waals surface area contributed by atoms with E-state index >= 15 is 0 Å². The number of fused-ring (bicyclic) bond motifs is 1. The summed E-state index contributed by atoms with van der Waals surface area (Å²) in [5.74, 6) is 1.75. The van der Waals surface area contributed by atoms with Gasteiger partial charge in [-0.15, -0.1) is 0 Å². The molecular formula is C25H31NO2Si. The zero-order valence-corrected chi connectivity index (χ0v) is 19.3. The molecule has 152 valence electrons. The molecule has 0 saturated carbocycles. The van der Waals surface area contributed by atoms with Crippen molar-refractivity contribution in [3.8, 4) is 0 Å². The van der Waals surface area contributed by atoms with Crippen LogP contribution in [0.15, 0.2) is 65.3 Å². The molecule has 4 heteroatoms. The van der Waals surface area contributed by atoms with E-state index in [1.165, 1.54) is 16.3 Å². The minimum atomic E-state index is -2.02. The standard InChI is InChI=1S/C25H31NO2Si/c1-24(2)17-28-23(26-24)25(3)21(27-4)16-18-12-10-11-15-20(18)22(25)29(5,6)19-13-8-7-9-14-19/h7-16,22H,17H2,1-6H3/t22-,25+/m1/s1. The molecule has 1 aliphatic carbocycles. The number of methoxy groups -OCH3 is 1. The maximum atomic E-state index is 6.27. The zero-order valence-electron chi connectivity index (χ0n) is 18.3. The first kappa shape index (κ1) is 20.0. The number of nitrogens with zero attached hydrogens (tertiary/aromatic N) is 1. The number of ether oxygens (including phenoxy) is 2. The van der Waals surface area contributed by atoms with E-state index in [1.54, 1.807) is 7.11 Å². The number of benzene rings is 2. The molecule has 0 radical (unpaired) electrons. The highest BCUT2D eigenvalue weighted by Crippen LogP contribution is 2.54. The fraction of sp³-hybridized carbons (Fsp3) is 0.400.